The van der Waals surface area contributed by atoms with Crippen molar-refractivity contribution < 1.29 is 0 Å². The van der Waals surface area contributed by atoms with Crippen LogP contribution >= 0.6 is 24.0 Å². The number of hydrogen-bond donors (Lipinski definition) is 1. The van der Waals surface area contributed by atoms with Crippen LogP contribution in [0.5, 0.6) is 0 Å². The van der Waals surface area contributed by atoms with Crippen LogP contribution in [0, 0.1) is 5.92 Å². The van der Waals surface area contributed by atoms with Crippen LogP contribution in [0.2, 0.25) is 0 Å². The third kappa shape index (κ3) is 5.42. The lowest BCUT2D eigenvalue weighted by Gasteiger charge is -2.20. The van der Waals surface area contributed by atoms with Gasteiger partial charge in [0.15, 0.2) is 5.96 Å². The Morgan fingerprint density at radius 1 is 1.35 bits per heavy atom. The highest BCUT2D eigenvalue weighted by Gasteiger charge is 2.20. The van der Waals surface area contributed by atoms with Crippen LogP contribution < -0.4 is 5.73 Å². The summed E-state index contributed by atoms with van der Waals surface area (Å²) in [6, 6.07) is 0. The second-order valence-electron chi connectivity index (χ2n) is 4.42. The number of likely N-dealkylation sites (tertiary alicyclic amines) is 1. The molecular formula is C12H27IN4. The highest BCUT2D eigenvalue weighted by Crippen LogP contribution is 2.15. The molecule has 5 heteroatoms. The van der Waals surface area contributed by atoms with Crippen molar-refractivity contribution in [2.24, 2.45) is 16.6 Å². The van der Waals surface area contributed by atoms with Gasteiger partial charge in [0.05, 0.1) is 0 Å². The summed E-state index contributed by atoms with van der Waals surface area (Å²) >= 11 is 0. The number of rotatable bonds is 5. The second-order valence-corrected chi connectivity index (χ2v) is 4.42. The molecule has 0 bridgehead atoms. The normalized spacial score (nSPS) is 21.4. The highest BCUT2D eigenvalue weighted by atomic mass is 127. The van der Waals surface area contributed by atoms with Crippen LogP contribution in [0.3, 0.4) is 0 Å². The van der Waals surface area contributed by atoms with Crippen molar-refractivity contribution in [3.8, 4) is 0 Å². The summed E-state index contributed by atoms with van der Waals surface area (Å²) in [7, 11) is 0. The molecule has 0 aromatic heterocycles. The van der Waals surface area contributed by atoms with Gasteiger partial charge in [-0.15, -0.1) is 24.0 Å². The summed E-state index contributed by atoms with van der Waals surface area (Å²) in [6.45, 7) is 12.8. The van der Waals surface area contributed by atoms with E-state index in [-0.39, 0.29) is 24.0 Å². The number of guanidine groups is 1. The van der Waals surface area contributed by atoms with Crippen molar-refractivity contribution in [2.75, 3.05) is 39.3 Å². The second kappa shape index (κ2) is 8.97. The molecule has 1 rings (SSSR count). The third-order valence-electron chi connectivity index (χ3n) is 3.42. The van der Waals surface area contributed by atoms with Crippen molar-refractivity contribution in [3.05, 3.63) is 0 Å². The maximum Gasteiger partial charge on any atom is 0.191 e. The Hall–Kier alpha value is -0.0400. The van der Waals surface area contributed by atoms with E-state index < -0.39 is 0 Å². The molecule has 0 amide bonds. The van der Waals surface area contributed by atoms with Gasteiger partial charge in [-0.25, -0.2) is 0 Å². The van der Waals surface area contributed by atoms with Crippen molar-refractivity contribution in [2.45, 2.75) is 27.2 Å². The topological polar surface area (TPSA) is 44.9 Å². The number of hydrogen-bond acceptors (Lipinski definition) is 2. The van der Waals surface area contributed by atoms with E-state index >= 15 is 0 Å². The molecule has 0 aromatic carbocycles. The van der Waals surface area contributed by atoms with E-state index in [2.05, 4.69) is 35.6 Å². The molecule has 102 valence electrons. The Kier molecular flexibility index (Phi) is 8.94. The molecule has 1 unspecified atom stereocenters. The van der Waals surface area contributed by atoms with Gasteiger partial charge >= 0.3 is 0 Å². The molecular weight excluding hydrogens is 327 g/mol. The fourth-order valence-electron chi connectivity index (χ4n) is 2.22. The molecule has 0 saturated carbocycles. The van der Waals surface area contributed by atoms with E-state index in [4.69, 9.17) is 5.73 Å². The van der Waals surface area contributed by atoms with E-state index in [0.29, 0.717) is 11.9 Å². The zero-order chi connectivity index (χ0) is 12.0. The number of halogens is 1. The third-order valence-corrected chi connectivity index (χ3v) is 3.42. The zero-order valence-electron chi connectivity index (χ0n) is 11.4. The smallest absolute Gasteiger partial charge is 0.191 e. The first-order chi connectivity index (χ1) is 7.71. The van der Waals surface area contributed by atoms with Gasteiger partial charge in [-0.05, 0) is 39.3 Å². The predicted molar refractivity (Wildman–Crippen MR) is 85.0 cm³/mol. The number of nitrogens with zero attached hydrogens (tertiary/aromatic N) is 3. The Balaban J connectivity index is 0.00000256. The van der Waals surface area contributed by atoms with E-state index in [1.807, 2.05) is 0 Å². The average molecular weight is 354 g/mol. The minimum absolute atomic E-state index is 0. The van der Waals surface area contributed by atoms with Crippen LogP contribution in [-0.2, 0) is 0 Å². The van der Waals surface area contributed by atoms with E-state index in [0.717, 1.165) is 26.2 Å². The summed E-state index contributed by atoms with van der Waals surface area (Å²) in [5.41, 5.74) is 5.95. The monoisotopic (exact) mass is 354 g/mol. The first-order valence-corrected chi connectivity index (χ1v) is 6.48. The fourth-order valence-corrected chi connectivity index (χ4v) is 2.22. The highest BCUT2D eigenvalue weighted by molar-refractivity contribution is 14.0. The lowest BCUT2D eigenvalue weighted by Crippen LogP contribution is -2.37. The summed E-state index contributed by atoms with van der Waals surface area (Å²) in [4.78, 5) is 9.09. The summed E-state index contributed by atoms with van der Waals surface area (Å²) in [6.07, 6.45) is 1.27. The molecule has 1 aliphatic heterocycles. The lowest BCUT2D eigenvalue weighted by molar-refractivity contribution is 0.343. The van der Waals surface area contributed by atoms with Crippen LogP contribution in [0.1, 0.15) is 27.2 Å². The minimum Gasteiger partial charge on any atom is -0.370 e. The summed E-state index contributed by atoms with van der Waals surface area (Å²) < 4.78 is 0. The molecule has 0 aliphatic carbocycles. The molecule has 1 heterocycles. The van der Waals surface area contributed by atoms with Crippen LogP contribution in [-0.4, -0.2) is 55.0 Å². The molecule has 17 heavy (non-hydrogen) atoms. The molecule has 0 spiro atoms. The molecule has 1 aliphatic rings. The molecule has 1 fully saturated rings. The summed E-state index contributed by atoms with van der Waals surface area (Å²) in [5, 5.41) is 0. The van der Waals surface area contributed by atoms with E-state index in [1.165, 1.54) is 19.5 Å². The molecule has 2 N–H and O–H groups in total. The van der Waals surface area contributed by atoms with Gasteiger partial charge in [0, 0.05) is 26.2 Å². The Morgan fingerprint density at radius 2 is 2.00 bits per heavy atom. The fraction of sp³-hybridized carbons (Fsp3) is 0.917. The molecule has 1 saturated heterocycles. The van der Waals surface area contributed by atoms with Crippen molar-refractivity contribution >= 4 is 29.9 Å². The van der Waals surface area contributed by atoms with Gasteiger partial charge in [0.2, 0.25) is 0 Å². The minimum atomic E-state index is 0. The maximum absolute atomic E-state index is 5.95. The quantitative estimate of drug-likeness (QED) is 0.464. The van der Waals surface area contributed by atoms with Gasteiger partial charge < -0.3 is 15.5 Å². The number of aliphatic imine (C=N–C) groups is 1. The zero-order valence-corrected chi connectivity index (χ0v) is 13.7. The van der Waals surface area contributed by atoms with Gasteiger partial charge in [0.25, 0.3) is 0 Å². The molecule has 1 atom stereocenters. The SMILES string of the molecule is CCN1CCC(CN=C(N)N(CC)CC)C1.I. The molecule has 4 nitrogen and oxygen atoms in total. The standard InChI is InChI=1S/C12H26N4.HI/c1-4-15-8-7-11(10-15)9-14-12(13)16(5-2)6-3;/h11H,4-10H2,1-3H3,(H2,13,14);1H. The summed E-state index contributed by atoms with van der Waals surface area (Å²) in [5.74, 6) is 1.41. The Labute approximate surface area is 123 Å². The van der Waals surface area contributed by atoms with Gasteiger partial charge in [-0.1, -0.05) is 6.92 Å². The van der Waals surface area contributed by atoms with Crippen molar-refractivity contribution in [1.29, 1.82) is 0 Å². The average Bonchev–Trinajstić information content (AvgIpc) is 2.76. The largest absolute Gasteiger partial charge is 0.370 e. The van der Waals surface area contributed by atoms with Gasteiger partial charge in [0.1, 0.15) is 0 Å². The number of nitrogens with two attached hydrogens (primary N) is 1. The van der Waals surface area contributed by atoms with Gasteiger partial charge in [-0.3, -0.25) is 4.99 Å². The van der Waals surface area contributed by atoms with Crippen LogP contribution in [0.4, 0.5) is 0 Å². The first-order valence-electron chi connectivity index (χ1n) is 6.48. The van der Waals surface area contributed by atoms with Gasteiger partial charge in [-0.2, -0.15) is 0 Å². The van der Waals surface area contributed by atoms with Crippen molar-refractivity contribution in [3.63, 3.8) is 0 Å². The van der Waals surface area contributed by atoms with Crippen LogP contribution in [0.25, 0.3) is 0 Å². The van der Waals surface area contributed by atoms with E-state index in [1.54, 1.807) is 0 Å². The Bertz CT molecular complexity index is 229. The first kappa shape index (κ1) is 17.0. The molecule has 0 aromatic rings. The predicted octanol–water partition coefficient (Wildman–Crippen LogP) is 1.60. The van der Waals surface area contributed by atoms with Crippen molar-refractivity contribution in [1.82, 2.24) is 9.80 Å². The Morgan fingerprint density at radius 3 is 2.47 bits per heavy atom. The van der Waals surface area contributed by atoms with E-state index in [9.17, 15) is 0 Å². The molecule has 0 radical (unpaired) electrons. The maximum atomic E-state index is 5.95. The lowest BCUT2D eigenvalue weighted by atomic mass is 10.1. The van der Waals surface area contributed by atoms with Crippen LogP contribution in [0.15, 0.2) is 4.99 Å².